The molecule has 1 aromatic rings. The second kappa shape index (κ2) is 5.00. The van der Waals surface area contributed by atoms with Gasteiger partial charge in [-0.15, -0.1) is 0 Å². The van der Waals surface area contributed by atoms with Crippen LogP contribution in [0, 0.1) is 11.3 Å². The molecule has 1 aromatic carbocycles. The lowest BCUT2D eigenvalue weighted by molar-refractivity contribution is 0.830. The number of nitrogens with two attached hydrogens (primary N) is 1. The van der Waals surface area contributed by atoms with Crippen molar-refractivity contribution in [1.29, 1.82) is 5.26 Å². The molecule has 1 rings (SSSR count). The van der Waals surface area contributed by atoms with Gasteiger partial charge in [0, 0.05) is 4.47 Å². The Morgan fingerprint density at radius 2 is 2.23 bits per heavy atom. The van der Waals surface area contributed by atoms with Crippen LogP contribution in [0.2, 0.25) is 0 Å². The zero-order valence-corrected chi connectivity index (χ0v) is 8.84. The van der Waals surface area contributed by atoms with Crippen molar-refractivity contribution in [3.8, 4) is 6.07 Å². The highest BCUT2D eigenvalue weighted by atomic mass is 79.9. The summed E-state index contributed by atoms with van der Waals surface area (Å²) in [6, 6.07) is 7.74. The Hall–Kier alpha value is -0.850. The SMILES string of the molecule is N#Cc1ccc(CCCN)c(Br)c1. The van der Waals surface area contributed by atoms with Gasteiger partial charge >= 0.3 is 0 Å². The van der Waals surface area contributed by atoms with Crippen LogP contribution in [0.5, 0.6) is 0 Å². The van der Waals surface area contributed by atoms with Crippen LogP contribution in [-0.2, 0) is 6.42 Å². The predicted molar refractivity (Wildman–Crippen MR) is 56.2 cm³/mol. The zero-order valence-electron chi connectivity index (χ0n) is 7.26. The van der Waals surface area contributed by atoms with E-state index in [2.05, 4.69) is 22.0 Å². The first-order valence-electron chi connectivity index (χ1n) is 4.16. The van der Waals surface area contributed by atoms with Crippen LogP contribution in [-0.4, -0.2) is 6.54 Å². The average molecular weight is 239 g/mol. The Bertz CT molecular complexity index is 328. The van der Waals surface area contributed by atoms with Gasteiger partial charge in [-0.3, -0.25) is 0 Å². The molecule has 0 spiro atoms. The van der Waals surface area contributed by atoms with Gasteiger partial charge in [0.1, 0.15) is 0 Å². The highest BCUT2D eigenvalue weighted by molar-refractivity contribution is 9.10. The summed E-state index contributed by atoms with van der Waals surface area (Å²) in [7, 11) is 0. The number of hydrogen-bond donors (Lipinski definition) is 1. The molecule has 0 fully saturated rings. The number of nitriles is 1. The zero-order chi connectivity index (χ0) is 9.68. The van der Waals surface area contributed by atoms with E-state index in [0.29, 0.717) is 12.1 Å². The molecule has 0 unspecified atom stereocenters. The van der Waals surface area contributed by atoms with Crippen molar-refractivity contribution in [2.45, 2.75) is 12.8 Å². The molecule has 13 heavy (non-hydrogen) atoms. The van der Waals surface area contributed by atoms with Crippen LogP contribution >= 0.6 is 15.9 Å². The Balaban J connectivity index is 2.81. The molecule has 2 nitrogen and oxygen atoms in total. The number of halogens is 1. The van der Waals surface area contributed by atoms with E-state index >= 15 is 0 Å². The molecular formula is C10H11BrN2. The summed E-state index contributed by atoms with van der Waals surface area (Å²) in [5.41, 5.74) is 7.31. The van der Waals surface area contributed by atoms with Gasteiger partial charge in [-0.1, -0.05) is 22.0 Å². The van der Waals surface area contributed by atoms with Crippen molar-refractivity contribution in [2.75, 3.05) is 6.54 Å². The van der Waals surface area contributed by atoms with Gasteiger partial charge in [0.05, 0.1) is 11.6 Å². The minimum atomic E-state index is 0.684. The summed E-state index contributed by atoms with van der Waals surface area (Å²) in [6.07, 6.45) is 1.94. The molecule has 0 amide bonds. The van der Waals surface area contributed by atoms with Gasteiger partial charge in [-0.05, 0) is 37.1 Å². The third-order valence-corrected chi connectivity index (χ3v) is 2.57. The van der Waals surface area contributed by atoms with E-state index in [1.165, 1.54) is 5.56 Å². The van der Waals surface area contributed by atoms with Crippen LogP contribution in [0.15, 0.2) is 22.7 Å². The summed E-state index contributed by atoms with van der Waals surface area (Å²) in [5.74, 6) is 0. The van der Waals surface area contributed by atoms with E-state index in [1.807, 2.05) is 18.2 Å². The monoisotopic (exact) mass is 238 g/mol. The number of rotatable bonds is 3. The number of nitrogens with zero attached hydrogens (tertiary/aromatic N) is 1. The van der Waals surface area contributed by atoms with Crippen LogP contribution in [0.1, 0.15) is 17.5 Å². The quantitative estimate of drug-likeness (QED) is 0.879. The molecule has 0 saturated carbocycles. The minimum Gasteiger partial charge on any atom is -0.330 e. The molecule has 0 aliphatic heterocycles. The van der Waals surface area contributed by atoms with Crippen molar-refractivity contribution in [3.63, 3.8) is 0 Å². The standard InChI is InChI=1S/C10H11BrN2/c11-10-6-8(7-13)3-4-9(10)2-1-5-12/h3-4,6H,1-2,5,12H2. The van der Waals surface area contributed by atoms with E-state index in [-0.39, 0.29) is 0 Å². The van der Waals surface area contributed by atoms with Gasteiger partial charge in [0.15, 0.2) is 0 Å². The lowest BCUT2D eigenvalue weighted by Crippen LogP contribution is -2.00. The Kier molecular flexibility index (Phi) is 3.94. The first kappa shape index (κ1) is 10.2. The van der Waals surface area contributed by atoms with Crippen LogP contribution in [0.3, 0.4) is 0 Å². The van der Waals surface area contributed by atoms with Gasteiger partial charge in [-0.25, -0.2) is 0 Å². The smallest absolute Gasteiger partial charge is 0.0992 e. The fourth-order valence-corrected chi connectivity index (χ4v) is 1.69. The number of benzene rings is 1. The van der Waals surface area contributed by atoms with Crippen LogP contribution in [0.4, 0.5) is 0 Å². The van der Waals surface area contributed by atoms with Crippen molar-refractivity contribution < 1.29 is 0 Å². The molecule has 0 aliphatic carbocycles. The molecule has 0 saturated heterocycles. The Morgan fingerprint density at radius 1 is 1.46 bits per heavy atom. The molecule has 3 heteroatoms. The summed E-state index contributed by atoms with van der Waals surface area (Å²) in [6.45, 7) is 0.701. The highest BCUT2D eigenvalue weighted by Gasteiger charge is 2.00. The summed E-state index contributed by atoms with van der Waals surface area (Å²) in [5, 5.41) is 8.64. The first-order chi connectivity index (χ1) is 6.27. The van der Waals surface area contributed by atoms with E-state index < -0.39 is 0 Å². The highest BCUT2D eigenvalue weighted by Crippen LogP contribution is 2.19. The molecule has 0 aliphatic rings. The summed E-state index contributed by atoms with van der Waals surface area (Å²) < 4.78 is 1.00. The predicted octanol–water partition coefficient (Wildman–Crippen LogP) is 2.21. The Labute approximate surface area is 86.5 Å². The van der Waals surface area contributed by atoms with Gasteiger partial charge in [-0.2, -0.15) is 5.26 Å². The fourth-order valence-electron chi connectivity index (χ4n) is 1.11. The molecule has 0 bridgehead atoms. The maximum Gasteiger partial charge on any atom is 0.0992 e. The van der Waals surface area contributed by atoms with Crippen LogP contribution < -0.4 is 5.73 Å². The van der Waals surface area contributed by atoms with E-state index in [1.54, 1.807) is 0 Å². The molecular weight excluding hydrogens is 228 g/mol. The number of hydrogen-bond acceptors (Lipinski definition) is 2. The molecule has 68 valence electrons. The van der Waals surface area contributed by atoms with Crippen LogP contribution in [0.25, 0.3) is 0 Å². The Morgan fingerprint density at radius 3 is 2.77 bits per heavy atom. The van der Waals surface area contributed by atoms with Crippen molar-refractivity contribution in [2.24, 2.45) is 5.73 Å². The molecule has 0 radical (unpaired) electrons. The molecule has 2 N–H and O–H groups in total. The van der Waals surface area contributed by atoms with E-state index in [9.17, 15) is 0 Å². The third-order valence-electron chi connectivity index (χ3n) is 1.83. The van der Waals surface area contributed by atoms with Crippen molar-refractivity contribution in [1.82, 2.24) is 0 Å². The summed E-state index contributed by atoms with van der Waals surface area (Å²) in [4.78, 5) is 0. The normalized spacial score (nSPS) is 9.62. The first-order valence-corrected chi connectivity index (χ1v) is 4.96. The molecule has 0 atom stereocenters. The van der Waals surface area contributed by atoms with Crippen molar-refractivity contribution >= 4 is 15.9 Å². The topological polar surface area (TPSA) is 49.8 Å². The fraction of sp³-hybridized carbons (Fsp3) is 0.300. The third kappa shape index (κ3) is 2.83. The van der Waals surface area contributed by atoms with Gasteiger partial charge in [0.25, 0.3) is 0 Å². The lowest BCUT2D eigenvalue weighted by atomic mass is 10.1. The van der Waals surface area contributed by atoms with E-state index in [0.717, 1.165) is 17.3 Å². The average Bonchev–Trinajstić information content (AvgIpc) is 2.16. The lowest BCUT2D eigenvalue weighted by Gasteiger charge is -2.02. The van der Waals surface area contributed by atoms with Gasteiger partial charge < -0.3 is 5.73 Å². The molecule has 0 aromatic heterocycles. The van der Waals surface area contributed by atoms with Gasteiger partial charge in [0.2, 0.25) is 0 Å². The second-order valence-corrected chi connectivity index (χ2v) is 3.66. The largest absolute Gasteiger partial charge is 0.330 e. The summed E-state index contributed by atoms with van der Waals surface area (Å²) >= 11 is 3.43. The molecule has 0 heterocycles. The van der Waals surface area contributed by atoms with Crippen molar-refractivity contribution in [3.05, 3.63) is 33.8 Å². The second-order valence-electron chi connectivity index (χ2n) is 2.81. The minimum absolute atomic E-state index is 0.684. The number of aryl methyl sites for hydroxylation is 1. The van der Waals surface area contributed by atoms with E-state index in [4.69, 9.17) is 11.0 Å². The maximum atomic E-state index is 8.64. The maximum absolute atomic E-state index is 8.64.